The Morgan fingerprint density at radius 1 is 1.14 bits per heavy atom. The number of likely N-dealkylation sites (tertiary alicyclic amines) is 1. The minimum absolute atomic E-state index is 0. The van der Waals surface area contributed by atoms with Crippen molar-refractivity contribution in [3.63, 3.8) is 0 Å². The second kappa shape index (κ2) is 11.0. The highest BCUT2D eigenvalue weighted by Crippen LogP contribution is 2.34. The minimum atomic E-state index is 0. The van der Waals surface area contributed by atoms with Gasteiger partial charge in [0.1, 0.15) is 0 Å². The molecule has 0 aromatic heterocycles. The summed E-state index contributed by atoms with van der Waals surface area (Å²) in [6.45, 7) is 9.55. The third kappa shape index (κ3) is 6.31. The van der Waals surface area contributed by atoms with Crippen molar-refractivity contribution in [2.75, 3.05) is 26.2 Å². The molecular formula is C23H37IN4O. The molecule has 3 atom stereocenters. The first-order chi connectivity index (χ1) is 13.7. The fraction of sp³-hybridized carbons (Fsp3) is 0.696. The highest BCUT2D eigenvalue weighted by molar-refractivity contribution is 14.0. The molecule has 2 N–H and O–H groups in total. The van der Waals surface area contributed by atoms with E-state index in [1.165, 1.54) is 49.9 Å². The number of nitrogens with zero attached hydrogens (tertiary/aromatic N) is 2. The number of piperidine rings is 1. The molecule has 0 amide bonds. The zero-order chi connectivity index (χ0) is 19.3. The average molecular weight is 512 g/mol. The van der Waals surface area contributed by atoms with Gasteiger partial charge in [-0.05, 0) is 70.5 Å². The lowest BCUT2D eigenvalue weighted by Gasteiger charge is -2.31. The van der Waals surface area contributed by atoms with Crippen LogP contribution in [0.2, 0.25) is 0 Å². The SMILES string of the molecule is CCNC(=NCC1CCN(Cc2ccc(C)cc2)CC1)NC1CC2CCC1O2.I. The molecule has 1 aromatic rings. The summed E-state index contributed by atoms with van der Waals surface area (Å²) in [5.74, 6) is 1.67. The van der Waals surface area contributed by atoms with Crippen LogP contribution in [-0.4, -0.2) is 55.3 Å². The Balaban J connectivity index is 0.00000240. The Morgan fingerprint density at radius 3 is 2.52 bits per heavy atom. The van der Waals surface area contributed by atoms with Crippen molar-refractivity contribution in [2.24, 2.45) is 10.9 Å². The van der Waals surface area contributed by atoms with Gasteiger partial charge in [0, 0.05) is 19.6 Å². The first kappa shape index (κ1) is 22.8. The number of halogens is 1. The molecule has 0 aliphatic carbocycles. The minimum Gasteiger partial charge on any atom is -0.373 e. The number of nitrogens with one attached hydrogen (secondary N) is 2. The Kier molecular flexibility index (Phi) is 8.62. The van der Waals surface area contributed by atoms with E-state index in [-0.39, 0.29) is 24.0 Å². The molecule has 0 saturated carbocycles. The maximum atomic E-state index is 5.97. The van der Waals surface area contributed by atoms with Crippen molar-refractivity contribution in [2.45, 2.75) is 70.7 Å². The molecule has 29 heavy (non-hydrogen) atoms. The highest BCUT2D eigenvalue weighted by atomic mass is 127. The van der Waals surface area contributed by atoms with E-state index in [9.17, 15) is 0 Å². The van der Waals surface area contributed by atoms with Gasteiger partial charge in [-0.1, -0.05) is 29.8 Å². The van der Waals surface area contributed by atoms with Crippen LogP contribution in [0.15, 0.2) is 29.3 Å². The van der Waals surface area contributed by atoms with Crippen molar-refractivity contribution in [1.29, 1.82) is 0 Å². The number of fused-ring (bicyclic) bond motifs is 2. The van der Waals surface area contributed by atoms with Crippen molar-refractivity contribution < 1.29 is 4.74 Å². The van der Waals surface area contributed by atoms with Crippen LogP contribution in [0.4, 0.5) is 0 Å². The van der Waals surface area contributed by atoms with E-state index in [4.69, 9.17) is 9.73 Å². The van der Waals surface area contributed by atoms with Crippen LogP contribution < -0.4 is 10.6 Å². The number of ether oxygens (including phenoxy) is 1. The molecule has 162 valence electrons. The average Bonchev–Trinajstić information content (AvgIpc) is 3.32. The van der Waals surface area contributed by atoms with Crippen LogP contribution in [0.5, 0.6) is 0 Å². The van der Waals surface area contributed by atoms with Crippen LogP contribution in [0.1, 0.15) is 50.2 Å². The van der Waals surface area contributed by atoms with Crippen LogP contribution in [-0.2, 0) is 11.3 Å². The van der Waals surface area contributed by atoms with Crippen LogP contribution >= 0.6 is 24.0 Å². The number of hydrogen-bond donors (Lipinski definition) is 2. The molecule has 2 bridgehead atoms. The largest absolute Gasteiger partial charge is 0.373 e. The molecule has 3 aliphatic heterocycles. The van der Waals surface area contributed by atoms with Crippen molar-refractivity contribution in [3.8, 4) is 0 Å². The standard InChI is InChI=1S/C23H36N4O.HI/c1-3-24-23(26-21-14-20-8-9-22(21)28-20)25-15-18-10-12-27(13-11-18)16-19-6-4-17(2)5-7-19;/h4-7,18,20-22H,3,8-16H2,1-2H3,(H2,24,25,26);1H. The summed E-state index contributed by atoms with van der Waals surface area (Å²) in [5.41, 5.74) is 2.76. The molecule has 1 aromatic carbocycles. The van der Waals surface area contributed by atoms with Crippen LogP contribution in [0.25, 0.3) is 0 Å². The first-order valence-corrected chi connectivity index (χ1v) is 11.2. The molecular weight excluding hydrogens is 475 g/mol. The van der Waals surface area contributed by atoms with Gasteiger partial charge in [-0.3, -0.25) is 9.89 Å². The van der Waals surface area contributed by atoms with Gasteiger partial charge in [0.25, 0.3) is 0 Å². The molecule has 3 unspecified atom stereocenters. The molecule has 4 rings (SSSR count). The van der Waals surface area contributed by atoms with Gasteiger partial charge < -0.3 is 15.4 Å². The zero-order valence-electron chi connectivity index (χ0n) is 17.9. The van der Waals surface area contributed by atoms with E-state index in [0.717, 1.165) is 32.0 Å². The predicted molar refractivity (Wildman–Crippen MR) is 130 cm³/mol. The molecule has 6 heteroatoms. The predicted octanol–water partition coefficient (Wildman–Crippen LogP) is 3.70. The van der Waals surface area contributed by atoms with Gasteiger partial charge in [0.05, 0.1) is 18.2 Å². The summed E-state index contributed by atoms with van der Waals surface area (Å²) in [7, 11) is 0. The summed E-state index contributed by atoms with van der Waals surface area (Å²) in [6, 6.07) is 9.40. The maximum absolute atomic E-state index is 5.97. The lowest BCUT2D eigenvalue weighted by molar-refractivity contribution is 0.0992. The topological polar surface area (TPSA) is 48.9 Å². The molecule has 0 radical (unpaired) electrons. The molecule has 3 aliphatic rings. The normalized spacial score (nSPS) is 27.7. The van der Waals surface area contributed by atoms with E-state index in [1.807, 2.05) is 0 Å². The lowest BCUT2D eigenvalue weighted by atomic mass is 9.95. The summed E-state index contributed by atoms with van der Waals surface area (Å²) in [6.07, 6.45) is 6.91. The quantitative estimate of drug-likeness (QED) is 0.347. The number of guanidine groups is 1. The van der Waals surface area contributed by atoms with E-state index < -0.39 is 0 Å². The van der Waals surface area contributed by atoms with Crippen molar-refractivity contribution >= 4 is 29.9 Å². The second-order valence-electron chi connectivity index (χ2n) is 8.79. The van der Waals surface area contributed by atoms with E-state index in [2.05, 4.69) is 53.6 Å². The van der Waals surface area contributed by atoms with Gasteiger partial charge in [0.15, 0.2) is 5.96 Å². The third-order valence-corrected chi connectivity index (χ3v) is 6.51. The van der Waals surface area contributed by atoms with Gasteiger partial charge >= 0.3 is 0 Å². The Labute approximate surface area is 193 Å². The number of aryl methyl sites for hydroxylation is 1. The fourth-order valence-corrected chi connectivity index (χ4v) is 4.78. The van der Waals surface area contributed by atoms with E-state index >= 15 is 0 Å². The van der Waals surface area contributed by atoms with E-state index in [0.29, 0.717) is 24.2 Å². The monoisotopic (exact) mass is 512 g/mol. The highest BCUT2D eigenvalue weighted by Gasteiger charge is 2.41. The molecule has 5 nitrogen and oxygen atoms in total. The number of hydrogen-bond acceptors (Lipinski definition) is 3. The fourth-order valence-electron chi connectivity index (χ4n) is 4.78. The molecule has 3 saturated heterocycles. The third-order valence-electron chi connectivity index (χ3n) is 6.51. The Bertz CT molecular complexity index is 657. The Morgan fingerprint density at radius 2 is 1.90 bits per heavy atom. The van der Waals surface area contributed by atoms with Crippen molar-refractivity contribution in [1.82, 2.24) is 15.5 Å². The van der Waals surface area contributed by atoms with Crippen LogP contribution in [0.3, 0.4) is 0 Å². The summed E-state index contributed by atoms with van der Waals surface area (Å²) in [4.78, 5) is 7.51. The van der Waals surface area contributed by atoms with Gasteiger partial charge in [-0.25, -0.2) is 0 Å². The lowest BCUT2D eigenvalue weighted by Crippen LogP contribution is -2.47. The zero-order valence-corrected chi connectivity index (χ0v) is 20.2. The van der Waals surface area contributed by atoms with Gasteiger partial charge in [0.2, 0.25) is 0 Å². The van der Waals surface area contributed by atoms with Crippen molar-refractivity contribution in [3.05, 3.63) is 35.4 Å². The Hall–Kier alpha value is -0.860. The second-order valence-corrected chi connectivity index (χ2v) is 8.79. The number of rotatable bonds is 6. The van der Waals surface area contributed by atoms with Gasteiger partial charge in [-0.15, -0.1) is 24.0 Å². The summed E-state index contributed by atoms with van der Waals surface area (Å²) >= 11 is 0. The van der Waals surface area contributed by atoms with E-state index in [1.54, 1.807) is 0 Å². The van der Waals surface area contributed by atoms with Crippen LogP contribution in [0, 0.1) is 12.8 Å². The smallest absolute Gasteiger partial charge is 0.191 e. The number of benzene rings is 1. The number of aliphatic imine (C=N–C) groups is 1. The first-order valence-electron chi connectivity index (χ1n) is 11.2. The summed E-state index contributed by atoms with van der Waals surface area (Å²) < 4.78 is 5.97. The molecule has 3 heterocycles. The summed E-state index contributed by atoms with van der Waals surface area (Å²) in [5, 5.41) is 7.06. The maximum Gasteiger partial charge on any atom is 0.191 e. The molecule has 0 spiro atoms. The molecule has 3 fully saturated rings. The van der Waals surface area contributed by atoms with Gasteiger partial charge in [-0.2, -0.15) is 0 Å².